The number of amides is 4. The Bertz CT molecular complexity index is 1030. The molecule has 0 fully saturated rings. The summed E-state index contributed by atoms with van der Waals surface area (Å²) in [6.45, 7) is 3.19. The van der Waals surface area contributed by atoms with Crippen molar-refractivity contribution in [1.29, 1.82) is 0 Å². The zero-order valence-corrected chi connectivity index (χ0v) is 17.5. The number of benzene rings is 2. The monoisotopic (exact) mass is 419 g/mol. The summed E-state index contributed by atoms with van der Waals surface area (Å²) < 4.78 is 0. The lowest BCUT2D eigenvalue weighted by Crippen LogP contribution is -2.32. The molecule has 0 saturated heterocycles. The Balaban J connectivity index is 1.25. The summed E-state index contributed by atoms with van der Waals surface area (Å²) in [5.74, 6) is -0.595. The minimum atomic E-state index is -0.297. The molecule has 2 aliphatic rings. The highest BCUT2D eigenvalue weighted by Crippen LogP contribution is 2.29. The molecular formula is C24H25N3O4. The van der Waals surface area contributed by atoms with E-state index in [1.54, 1.807) is 24.3 Å². The van der Waals surface area contributed by atoms with Crippen molar-refractivity contribution in [2.75, 3.05) is 18.0 Å². The molecule has 0 saturated carbocycles. The molecule has 0 spiro atoms. The van der Waals surface area contributed by atoms with Gasteiger partial charge in [0, 0.05) is 38.2 Å². The first-order chi connectivity index (χ1) is 15.0. The van der Waals surface area contributed by atoms with Crippen molar-refractivity contribution in [2.24, 2.45) is 0 Å². The third-order valence-corrected chi connectivity index (χ3v) is 5.80. The Kier molecular flexibility index (Phi) is 5.84. The van der Waals surface area contributed by atoms with Crippen LogP contribution in [0.25, 0.3) is 0 Å². The van der Waals surface area contributed by atoms with Gasteiger partial charge >= 0.3 is 0 Å². The highest BCUT2D eigenvalue weighted by molar-refractivity contribution is 6.21. The maximum absolute atomic E-state index is 12.4. The standard InChI is InChI=1S/C24H25N3O4/c1-2-22(29)26-13-11-17-14-16(9-10-20(17)26)15-25-21(28)8-5-12-27-23(30)18-6-3-4-7-19(18)24(27)31/h3-4,6-7,9-10,14H,2,5,8,11-13,15H2,1H3,(H,25,28). The van der Waals surface area contributed by atoms with Gasteiger partial charge in [0.2, 0.25) is 11.8 Å². The Hall–Kier alpha value is -3.48. The molecule has 31 heavy (non-hydrogen) atoms. The van der Waals surface area contributed by atoms with Crippen molar-refractivity contribution in [3.8, 4) is 0 Å². The Labute approximate surface area is 181 Å². The minimum absolute atomic E-state index is 0.123. The number of nitrogens with one attached hydrogen (secondary N) is 1. The molecule has 0 atom stereocenters. The molecule has 2 aromatic carbocycles. The highest BCUT2D eigenvalue weighted by atomic mass is 16.2. The van der Waals surface area contributed by atoms with Crippen LogP contribution in [-0.2, 0) is 22.6 Å². The van der Waals surface area contributed by atoms with Gasteiger partial charge < -0.3 is 10.2 Å². The average Bonchev–Trinajstić information content (AvgIpc) is 3.32. The van der Waals surface area contributed by atoms with E-state index in [-0.39, 0.29) is 36.6 Å². The summed E-state index contributed by atoms with van der Waals surface area (Å²) in [7, 11) is 0. The van der Waals surface area contributed by atoms with Crippen molar-refractivity contribution in [1.82, 2.24) is 10.2 Å². The number of nitrogens with zero attached hydrogens (tertiary/aromatic N) is 2. The molecule has 0 unspecified atom stereocenters. The van der Waals surface area contributed by atoms with Gasteiger partial charge in [0.15, 0.2) is 0 Å². The SMILES string of the molecule is CCC(=O)N1CCc2cc(CNC(=O)CCCN3C(=O)c4ccccc4C3=O)ccc21. The van der Waals surface area contributed by atoms with E-state index in [9.17, 15) is 19.2 Å². The van der Waals surface area contributed by atoms with E-state index in [0.717, 1.165) is 23.2 Å². The second-order valence-electron chi connectivity index (χ2n) is 7.80. The largest absolute Gasteiger partial charge is 0.352 e. The van der Waals surface area contributed by atoms with Crippen LogP contribution in [0.15, 0.2) is 42.5 Å². The van der Waals surface area contributed by atoms with Crippen LogP contribution in [0.4, 0.5) is 5.69 Å². The molecule has 4 amide bonds. The number of hydrogen-bond acceptors (Lipinski definition) is 4. The Morgan fingerprint density at radius 2 is 1.74 bits per heavy atom. The van der Waals surface area contributed by atoms with E-state index < -0.39 is 0 Å². The molecule has 0 aromatic heterocycles. The number of carbonyl (C=O) groups is 4. The van der Waals surface area contributed by atoms with Crippen LogP contribution in [0.2, 0.25) is 0 Å². The first kappa shape index (κ1) is 20.8. The molecule has 7 heteroatoms. The minimum Gasteiger partial charge on any atom is -0.352 e. The maximum atomic E-state index is 12.4. The van der Waals surface area contributed by atoms with Crippen LogP contribution >= 0.6 is 0 Å². The average molecular weight is 419 g/mol. The van der Waals surface area contributed by atoms with Crippen molar-refractivity contribution in [3.05, 3.63) is 64.7 Å². The van der Waals surface area contributed by atoms with Gasteiger partial charge in [0.1, 0.15) is 0 Å². The van der Waals surface area contributed by atoms with Gasteiger partial charge in [0.25, 0.3) is 11.8 Å². The number of fused-ring (bicyclic) bond motifs is 2. The number of anilines is 1. The first-order valence-electron chi connectivity index (χ1n) is 10.6. The highest BCUT2D eigenvalue weighted by Gasteiger charge is 2.34. The van der Waals surface area contributed by atoms with Crippen molar-refractivity contribution < 1.29 is 19.2 Å². The van der Waals surface area contributed by atoms with Crippen molar-refractivity contribution >= 4 is 29.3 Å². The fourth-order valence-corrected chi connectivity index (χ4v) is 4.14. The van der Waals surface area contributed by atoms with Gasteiger partial charge in [0.05, 0.1) is 11.1 Å². The van der Waals surface area contributed by atoms with E-state index in [2.05, 4.69) is 5.32 Å². The van der Waals surface area contributed by atoms with Crippen LogP contribution in [0.5, 0.6) is 0 Å². The Morgan fingerprint density at radius 3 is 2.42 bits per heavy atom. The van der Waals surface area contributed by atoms with Crippen LogP contribution < -0.4 is 10.2 Å². The number of carbonyl (C=O) groups excluding carboxylic acids is 4. The van der Waals surface area contributed by atoms with E-state index in [1.807, 2.05) is 30.0 Å². The molecule has 160 valence electrons. The predicted molar refractivity (Wildman–Crippen MR) is 116 cm³/mol. The van der Waals surface area contributed by atoms with Gasteiger partial charge in [-0.3, -0.25) is 24.1 Å². The fraction of sp³-hybridized carbons (Fsp3) is 0.333. The molecular weight excluding hydrogens is 394 g/mol. The Morgan fingerprint density at radius 1 is 1.03 bits per heavy atom. The quantitative estimate of drug-likeness (QED) is 0.699. The van der Waals surface area contributed by atoms with Crippen LogP contribution in [-0.4, -0.2) is 41.6 Å². The second-order valence-corrected chi connectivity index (χ2v) is 7.80. The predicted octanol–water partition coefficient (Wildman–Crippen LogP) is 2.68. The van der Waals surface area contributed by atoms with Gasteiger partial charge in [-0.15, -0.1) is 0 Å². The lowest BCUT2D eigenvalue weighted by molar-refractivity contribution is -0.121. The van der Waals surface area contributed by atoms with Crippen LogP contribution in [0.1, 0.15) is 58.0 Å². The van der Waals surface area contributed by atoms with E-state index in [1.165, 1.54) is 4.90 Å². The van der Waals surface area contributed by atoms with E-state index in [4.69, 9.17) is 0 Å². The van der Waals surface area contributed by atoms with Crippen molar-refractivity contribution in [3.63, 3.8) is 0 Å². The van der Waals surface area contributed by atoms with Gasteiger partial charge in [-0.2, -0.15) is 0 Å². The van der Waals surface area contributed by atoms with Gasteiger partial charge in [-0.25, -0.2) is 0 Å². The molecule has 7 nitrogen and oxygen atoms in total. The van der Waals surface area contributed by atoms with Crippen LogP contribution in [0, 0.1) is 0 Å². The molecule has 2 aromatic rings. The molecule has 2 aliphatic heterocycles. The third-order valence-electron chi connectivity index (χ3n) is 5.80. The summed E-state index contributed by atoms with van der Waals surface area (Å²) in [5.41, 5.74) is 3.92. The second kappa shape index (κ2) is 8.71. The fourth-order valence-electron chi connectivity index (χ4n) is 4.14. The normalized spacial score (nSPS) is 14.6. The zero-order valence-electron chi connectivity index (χ0n) is 17.5. The van der Waals surface area contributed by atoms with Gasteiger partial charge in [-0.1, -0.05) is 31.2 Å². The molecule has 0 aliphatic carbocycles. The number of imide groups is 1. The zero-order chi connectivity index (χ0) is 22.0. The molecule has 0 radical (unpaired) electrons. The summed E-state index contributed by atoms with van der Waals surface area (Å²) in [5, 5.41) is 2.89. The van der Waals surface area contributed by atoms with E-state index >= 15 is 0 Å². The summed E-state index contributed by atoms with van der Waals surface area (Å²) >= 11 is 0. The lowest BCUT2D eigenvalue weighted by atomic mass is 10.1. The maximum Gasteiger partial charge on any atom is 0.261 e. The number of hydrogen-bond donors (Lipinski definition) is 1. The molecule has 0 bridgehead atoms. The number of rotatable bonds is 7. The lowest BCUT2D eigenvalue weighted by Gasteiger charge is -2.16. The summed E-state index contributed by atoms with van der Waals surface area (Å²) in [6.07, 6.45) is 1.95. The summed E-state index contributed by atoms with van der Waals surface area (Å²) in [6, 6.07) is 12.7. The topological polar surface area (TPSA) is 86.8 Å². The van der Waals surface area contributed by atoms with Crippen molar-refractivity contribution in [2.45, 2.75) is 39.2 Å². The molecule has 4 rings (SSSR count). The first-order valence-corrected chi connectivity index (χ1v) is 10.6. The molecule has 1 N–H and O–H groups in total. The smallest absolute Gasteiger partial charge is 0.261 e. The molecule has 2 heterocycles. The third kappa shape index (κ3) is 4.08. The van der Waals surface area contributed by atoms with Gasteiger partial charge in [-0.05, 0) is 42.2 Å². The van der Waals surface area contributed by atoms with E-state index in [0.29, 0.717) is 37.1 Å². The summed E-state index contributed by atoms with van der Waals surface area (Å²) in [4.78, 5) is 52.0. The van der Waals surface area contributed by atoms with Crippen LogP contribution in [0.3, 0.4) is 0 Å².